The molecule has 4 rings (SSSR count). The van der Waals surface area contributed by atoms with Crippen LogP contribution < -0.4 is 5.73 Å². The molecule has 154 valence electrons. The molecule has 2 aromatic rings. The third-order valence-corrected chi connectivity index (χ3v) is 7.52. The maximum absolute atomic E-state index is 12.8. The highest BCUT2D eigenvalue weighted by Gasteiger charge is 2.38. The predicted molar refractivity (Wildman–Crippen MR) is 108 cm³/mol. The Morgan fingerprint density at radius 3 is 2.61 bits per heavy atom. The Balaban J connectivity index is 0.00000225. The fourth-order valence-electron chi connectivity index (χ4n) is 4.11. The van der Waals surface area contributed by atoms with Crippen molar-refractivity contribution in [1.29, 1.82) is 0 Å². The quantitative estimate of drug-likeness (QED) is 0.788. The second-order valence-electron chi connectivity index (χ2n) is 7.76. The second kappa shape index (κ2) is 8.49. The van der Waals surface area contributed by atoms with Crippen LogP contribution in [0, 0.1) is 0 Å². The first-order valence-corrected chi connectivity index (χ1v) is 11.2. The van der Waals surface area contributed by atoms with Crippen LogP contribution >= 0.6 is 12.4 Å². The van der Waals surface area contributed by atoms with Crippen molar-refractivity contribution in [3.05, 3.63) is 47.6 Å². The fraction of sp³-hybridized carbons (Fsp3) is 0.579. The number of nitrogens with two attached hydrogens (primary N) is 1. The van der Waals surface area contributed by atoms with Gasteiger partial charge in [0.2, 0.25) is 15.9 Å². The topological polar surface area (TPSA) is 102 Å². The number of benzene rings is 1. The maximum atomic E-state index is 12.8. The molecule has 2 fully saturated rings. The third-order valence-electron chi connectivity index (χ3n) is 5.70. The van der Waals surface area contributed by atoms with Crippen LogP contribution in [-0.4, -0.2) is 36.0 Å². The molecular weight excluding hydrogens is 400 g/mol. The van der Waals surface area contributed by atoms with E-state index in [0.717, 1.165) is 44.1 Å². The Bertz CT molecular complexity index is 882. The SMILES string of the molecule is Cl.NC1(c2noc(C3CCCN(S(=O)(=O)Cc4ccccc4)C3)n2)CCCC1. The number of nitrogens with zero attached hydrogens (tertiary/aromatic N) is 3. The molecule has 9 heteroatoms. The van der Waals surface area contributed by atoms with Crippen molar-refractivity contribution in [3.63, 3.8) is 0 Å². The lowest BCUT2D eigenvalue weighted by Crippen LogP contribution is -2.40. The predicted octanol–water partition coefficient (Wildman–Crippen LogP) is 2.93. The molecule has 1 unspecified atom stereocenters. The van der Waals surface area contributed by atoms with Crippen LogP contribution in [0.4, 0.5) is 0 Å². The Kier molecular flexibility index (Phi) is 6.44. The molecule has 1 aromatic carbocycles. The fourth-order valence-corrected chi connectivity index (χ4v) is 5.72. The summed E-state index contributed by atoms with van der Waals surface area (Å²) in [4.78, 5) is 4.56. The van der Waals surface area contributed by atoms with Gasteiger partial charge in [-0.2, -0.15) is 4.98 Å². The third kappa shape index (κ3) is 4.40. The van der Waals surface area contributed by atoms with Gasteiger partial charge in [-0.15, -0.1) is 12.4 Å². The molecule has 1 aromatic heterocycles. The van der Waals surface area contributed by atoms with Crippen LogP contribution in [0.2, 0.25) is 0 Å². The van der Waals surface area contributed by atoms with E-state index in [1.165, 1.54) is 0 Å². The molecule has 2 heterocycles. The van der Waals surface area contributed by atoms with Gasteiger partial charge in [-0.25, -0.2) is 12.7 Å². The van der Waals surface area contributed by atoms with Crippen LogP contribution in [0.1, 0.15) is 61.7 Å². The number of rotatable bonds is 5. The van der Waals surface area contributed by atoms with Crippen molar-refractivity contribution in [2.45, 2.75) is 55.7 Å². The van der Waals surface area contributed by atoms with Gasteiger partial charge in [0.05, 0.1) is 17.2 Å². The minimum absolute atomic E-state index is 0. The van der Waals surface area contributed by atoms with Crippen LogP contribution in [0.5, 0.6) is 0 Å². The number of aromatic nitrogens is 2. The van der Waals surface area contributed by atoms with Gasteiger partial charge in [0.15, 0.2) is 5.82 Å². The molecule has 1 saturated heterocycles. The van der Waals surface area contributed by atoms with Crippen molar-refractivity contribution in [3.8, 4) is 0 Å². The van der Waals surface area contributed by atoms with E-state index in [-0.39, 0.29) is 24.1 Å². The van der Waals surface area contributed by atoms with Crippen molar-refractivity contribution in [2.75, 3.05) is 13.1 Å². The van der Waals surface area contributed by atoms with Crippen LogP contribution in [0.3, 0.4) is 0 Å². The average molecular weight is 427 g/mol. The summed E-state index contributed by atoms with van der Waals surface area (Å²) in [7, 11) is -3.38. The summed E-state index contributed by atoms with van der Waals surface area (Å²) < 4.78 is 32.7. The highest BCUT2D eigenvalue weighted by molar-refractivity contribution is 7.88. The molecule has 28 heavy (non-hydrogen) atoms. The summed E-state index contributed by atoms with van der Waals surface area (Å²) in [5.41, 5.74) is 6.72. The summed E-state index contributed by atoms with van der Waals surface area (Å²) >= 11 is 0. The van der Waals surface area contributed by atoms with Gasteiger partial charge in [0.25, 0.3) is 0 Å². The lowest BCUT2D eigenvalue weighted by molar-refractivity contribution is 0.263. The summed E-state index contributed by atoms with van der Waals surface area (Å²) in [5.74, 6) is 1.03. The Hall–Kier alpha value is -1.48. The van der Waals surface area contributed by atoms with Gasteiger partial charge < -0.3 is 10.3 Å². The largest absolute Gasteiger partial charge is 0.339 e. The van der Waals surface area contributed by atoms with E-state index in [1.54, 1.807) is 4.31 Å². The zero-order chi connectivity index (χ0) is 18.9. The molecule has 0 spiro atoms. The molecule has 7 nitrogen and oxygen atoms in total. The number of sulfonamides is 1. The molecule has 0 amide bonds. The highest BCUT2D eigenvalue weighted by atomic mass is 35.5. The van der Waals surface area contributed by atoms with E-state index < -0.39 is 15.6 Å². The van der Waals surface area contributed by atoms with E-state index in [9.17, 15) is 8.42 Å². The van der Waals surface area contributed by atoms with E-state index in [4.69, 9.17) is 10.3 Å². The smallest absolute Gasteiger partial charge is 0.231 e. The molecule has 1 saturated carbocycles. The first-order valence-electron chi connectivity index (χ1n) is 9.61. The number of halogens is 1. The standard InChI is InChI=1S/C19H26N4O3S.ClH/c20-19(10-4-5-11-19)18-21-17(26-22-18)16-9-6-12-23(13-16)27(24,25)14-15-7-2-1-3-8-15;/h1-3,7-8,16H,4-6,9-14,20H2;1H. The average Bonchev–Trinajstić information content (AvgIpc) is 3.33. The number of hydrogen-bond donors (Lipinski definition) is 1. The zero-order valence-corrected chi connectivity index (χ0v) is 17.4. The van der Waals surface area contributed by atoms with Gasteiger partial charge in [-0.3, -0.25) is 0 Å². The van der Waals surface area contributed by atoms with Crippen molar-refractivity contribution in [1.82, 2.24) is 14.4 Å². The molecule has 1 atom stereocenters. The van der Waals surface area contributed by atoms with E-state index in [2.05, 4.69) is 10.1 Å². The first kappa shape index (κ1) is 21.2. The molecule has 2 aliphatic rings. The summed E-state index contributed by atoms with van der Waals surface area (Å²) in [5, 5.41) is 4.12. The van der Waals surface area contributed by atoms with Gasteiger partial charge in [-0.1, -0.05) is 48.3 Å². The van der Waals surface area contributed by atoms with Gasteiger partial charge in [0.1, 0.15) is 0 Å². The molecule has 0 radical (unpaired) electrons. The van der Waals surface area contributed by atoms with Gasteiger partial charge in [-0.05, 0) is 31.2 Å². The second-order valence-corrected chi connectivity index (χ2v) is 9.73. The lowest BCUT2D eigenvalue weighted by atomic mass is 9.97. The normalized spacial score (nSPS) is 22.7. The number of piperidine rings is 1. The van der Waals surface area contributed by atoms with E-state index >= 15 is 0 Å². The Labute approximate surface area is 172 Å². The summed E-state index contributed by atoms with van der Waals surface area (Å²) in [6.45, 7) is 0.919. The van der Waals surface area contributed by atoms with E-state index in [0.29, 0.717) is 24.8 Å². The summed E-state index contributed by atoms with van der Waals surface area (Å²) in [6.07, 6.45) is 5.52. The maximum Gasteiger partial charge on any atom is 0.231 e. The molecule has 0 bridgehead atoms. The minimum Gasteiger partial charge on any atom is -0.339 e. The van der Waals surface area contributed by atoms with Crippen LogP contribution in [0.25, 0.3) is 0 Å². The number of hydrogen-bond acceptors (Lipinski definition) is 6. The highest BCUT2D eigenvalue weighted by Crippen LogP contribution is 2.36. The van der Waals surface area contributed by atoms with Crippen LogP contribution in [0.15, 0.2) is 34.9 Å². The summed E-state index contributed by atoms with van der Waals surface area (Å²) in [6, 6.07) is 9.27. The van der Waals surface area contributed by atoms with Crippen molar-refractivity contribution < 1.29 is 12.9 Å². The zero-order valence-electron chi connectivity index (χ0n) is 15.8. The molecular formula is C19H27ClN4O3S. The lowest BCUT2D eigenvalue weighted by Gasteiger charge is -2.30. The molecule has 1 aliphatic heterocycles. The first-order chi connectivity index (χ1) is 13.0. The Morgan fingerprint density at radius 1 is 1.18 bits per heavy atom. The van der Waals surface area contributed by atoms with Crippen molar-refractivity contribution >= 4 is 22.4 Å². The van der Waals surface area contributed by atoms with E-state index in [1.807, 2.05) is 30.3 Å². The molecule has 1 aliphatic carbocycles. The molecule has 2 N–H and O–H groups in total. The van der Waals surface area contributed by atoms with Crippen LogP contribution in [-0.2, 0) is 21.3 Å². The van der Waals surface area contributed by atoms with Gasteiger partial charge >= 0.3 is 0 Å². The monoisotopic (exact) mass is 426 g/mol. The minimum atomic E-state index is -3.38. The van der Waals surface area contributed by atoms with Crippen molar-refractivity contribution in [2.24, 2.45) is 5.73 Å². The van der Waals surface area contributed by atoms with Gasteiger partial charge in [0, 0.05) is 13.1 Å². The Morgan fingerprint density at radius 2 is 1.89 bits per heavy atom.